The Morgan fingerprint density at radius 2 is 1.82 bits per heavy atom. The molecule has 0 amide bonds. The van der Waals surface area contributed by atoms with E-state index < -0.39 is 0 Å². The Balaban J connectivity index is 2.99. The molecular formula is C8H11IN2. The van der Waals surface area contributed by atoms with Gasteiger partial charge in [0.25, 0.3) is 0 Å². The molecule has 0 aromatic carbocycles. The summed E-state index contributed by atoms with van der Waals surface area (Å²) in [6.07, 6.45) is 0. The summed E-state index contributed by atoms with van der Waals surface area (Å²) >= 11 is 2.15. The van der Waals surface area contributed by atoms with Gasteiger partial charge in [-0.2, -0.15) is 5.10 Å². The van der Waals surface area contributed by atoms with Crippen LogP contribution < -0.4 is 0 Å². The number of aromatic nitrogens is 2. The van der Waals surface area contributed by atoms with Gasteiger partial charge in [0, 0.05) is 5.41 Å². The number of hydrogen-bond donors (Lipinski definition) is 0. The van der Waals surface area contributed by atoms with Crippen molar-refractivity contribution in [1.82, 2.24) is 10.2 Å². The van der Waals surface area contributed by atoms with Crippen LogP contribution in [0, 0.1) is 3.70 Å². The summed E-state index contributed by atoms with van der Waals surface area (Å²) in [6, 6.07) is 4.00. The Labute approximate surface area is 80.6 Å². The first-order valence-electron chi connectivity index (χ1n) is 3.50. The molecule has 0 atom stereocenters. The summed E-state index contributed by atoms with van der Waals surface area (Å²) in [7, 11) is 0. The minimum Gasteiger partial charge on any atom is -0.154 e. The van der Waals surface area contributed by atoms with Crippen molar-refractivity contribution in [3.8, 4) is 0 Å². The van der Waals surface area contributed by atoms with Crippen LogP contribution in [0.15, 0.2) is 12.1 Å². The molecule has 0 fully saturated rings. The molecule has 0 unspecified atom stereocenters. The van der Waals surface area contributed by atoms with Crippen molar-refractivity contribution in [2.45, 2.75) is 26.2 Å². The van der Waals surface area contributed by atoms with E-state index in [1.54, 1.807) is 0 Å². The number of nitrogens with zero attached hydrogens (tertiary/aromatic N) is 2. The van der Waals surface area contributed by atoms with Crippen molar-refractivity contribution < 1.29 is 0 Å². The SMILES string of the molecule is CC(C)(C)c1ccc(I)nn1. The Hall–Kier alpha value is -0.190. The normalized spacial score (nSPS) is 11.6. The van der Waals surface area contributed by atoms with E-state index in [0.717, 1.165) is 9.39 Å². The molecule has 0 aliphatic heterocycles. The van der Waals surface area contributed by atoms with Crippen molar-refractivity contribution in [1.29, 1.82) is 0 Å². The van der Waals surface area contributed by atoms with E-state index in [1.165, 1.54) is 0 Å². The van der Waals surface area contributed by atoms with Crippen LogP contribution in [-0.2, 0) is 5.41 Å². The largest absolute Gasteiger partial charge is 0.154 e. The lowest BCUT2D eigenvalue weighted by Gasteiger charge is -2.15. The fourth-order valence-corrected chi connectivity index (χ4v) is 1.00. The van der Waals surface area contributed by atoms with Crippen LogP contribution in [0.1, 0.15) is 26.5 Å². The first-order valence-corrected chi connectivity index (χ1v) is 4.58. The van der Waals surface area contributed by atoms with Crippen molar-refractivity contribution in [2.24, 2.45) is 0 Å². The zero-order valence-electron chi connectivity index (χ0n) is 6.93. The maximum absolute atomic E-state index is 4.09. The van der Waals surface area contributed by atoms with E-state index >= 15 is 0 Å². The quantitative estimate of drug-likeness (QED) is 0.671. The zero-order valence-corrected chi connectivity index (χ0v) is 9.08. The molecular weight excluding hydrogens is 251 g/mol. The average Bonchev–Trinajstić information content (AvgIpc) is 1.86. The molecule has 2 nitrogen and oxygen atoms in total. The Morgan fingerprint density at radius 1 is 1.18 bits per heavy atom. The van der Waals surface area contributed by atoms with Gasteiger partial charge in [-0.1, -0.05) is 20.8 Å². The molecule has 0 bridgehead atoms. The molecule has 0 saturated heterocycles. The van der Waals surface area contributed by atoms with Gasteiger partial charge in [-0.05, 0) is 34.7 Å². The highest BCUT2D eigenvalue weighted by atomic mass is 127. The van der Waals surface area contributed by atoms with E-state index in [0.29, 0.717) is 0 Å². The molecule has 0 spiro atoms. The van der Waals surface area contributed by atoms with Gasteiger partial charge in [0.1, 0.15) is 3.70 Å². The summed E-state index contributed by atoms with van der Waals surface area (Å²) in [4.78, 5) is 0. The molecule has 3 heteroatoms. The van der Waals surface area contributed by atoms with Gasteiger partial charge >= 0.3 is 0 Å². The molecule has 1 rings (SSSR count). The number of hydrogen-bond acceptors (Lipinski definition) is 2. The maximum atomic E-state index is 4.09. The van der Waals surface area contributed by atoms with Crippen LogP contribution in [0.3, 0.4) is 0 Å². The predicted molar refractivity (Wildman–Crippen MR) is 53.4 cm³/mol. The molecule has 0 aliphatic rings. The maximum Gasteiger partial charge on any atom is 0.124 e. The predicted octanol–water partition coefficient (Wildman–Crippen LogP) is 2.38. The van der Waals surface area contributed by atoms with Gasteiger partial charge in [0.05, 0.1) is 5.69 Å². The highest BCUT2D eigenvalue weighted by molar-refractivity contribution is 14.1. The molecule has 1 heterocycles. The second-order valence-electron chi connectivity index (χ2n) is 3.49. The molecule has 0 aliphatic carbocycles. The Kier molecular flexibility index (Phi) is 2.47. The number of halogens is 1. The van der Waals surface area contributed by atoms with Gasteiger partial charge in [-0.25, -0.2) is 0 Å². The molecule has 0 N–H and O–H groups in total. The third-order valence-electron chi connectivity index (χ3n) is 1.40. The number of rotatable bonds is 0. The van der Waals surface area contributed by atoms with Gasteiger partial charge in [0.2, 0.25) is 0 Å². The monoisotopic (exact) mass is 262 g/mol. The van der Waals surface area contributed by atoms with Crippen molar-refractivity contribution in [2.75, 3.05) is 0 Å². The van der Waals surface area contributed by atoms with E-state index in [2.05, 4.69) is 53.6 Å². The van der Waals surface area contributed by atoms with Crippen molar-refractivity contribution >= 4 is 22.6 Å². The summed E-state index contributed by atoms with van der Waals surface area (Å²) in [5.74, 6) is 0. The molecule has 0 radical (unpaired) electrons. The highest BCUT2D eigenvalue weighted by Crippen LogP contribution is 2.18. The van der Waals surface area contributed by atoms with E-state index in [9.17, 15) is 0 Å². The minimum absolute atomic E-state index is 0.108. The first-order chi connectivity index (χ1) is 5.00. The third kappa shape index (κ3) is 2.39. The topological polar surface area (TPSA) is 25.8 Å². The van der Waals surface area contributed by atoms with Gasteiger partial charge in [-0.15, -0.1) is 5.10 Å². The lowest BCUT2D eigenvalue weighted by molar-refractivity contribution is 0.557. The first kappa shape index (κ1) is 8.90. The second-order valence-corrected chi connectivity index (χ2v) is 4.60. The fourth-order valence-electron chi connectivity index (χ4n) is 0.716. The average molecular weight is 262 g/mol. The molecule has 60 valence electrons. The molecule has 0 saturated carbocycles. The van der Waals surface area contributed by atoms with Crippen LogP contribution in [0.25, 0.3) is 0 Å². The van der Waals surface area contributed by atoms with Crippen molar-refractivity contribution in [3.63, 3.8) is 0 Å². The lowest BCUT2D eigenvalue weighted by atomic mass is 9.92. The van der Waals surface area contributed by atoms with E-state index in [4.69, 9.17) is 0 Å². The third-order valence-corrected chi connectivity index (χ3v) is 1.98. The Morgan fingerprint density at radius 3 is 2.18 bits per heavy atom. The van der Waals surface area contributed by atoms with Crippen LogP contribution in [0.2, 0.25) is 0 Å². The van der Waals surface area contributed by atoms with Crippen LogP contribution in [-0.4, -0.2) is 10.2 Å². The Bertz CT molecular complexity index is 235. The second kappa shape index (κ2) is 3.05. The summed E-state index contributed by atoms with van der Waals surface area (Å²) in [6.45, 7) is 6.39. The standard InChI is InChI=1S/C8H11IN2/c1-8(2,3)6-4-5-7(9)11-10-6/h4-5H,1-3H3. The lowest BCUT2D eigenvalue weighted by Crippen LogP contribution is -2.14. The fraction of sp³-hybridized carbons (Fsp3) is 0.500. The van der Waals surface area contributed by atoms with Crippen LogP contribution in [0.5, 0.6) is 0 Å². The van der Waals surface area contributed by atoms with Crippen molar-refractivity contribution in [3.05, 3.63) is 21.5 Å². The van der Waals surface area contributed by atoms with Crippen LogP contribution in [0.4, 0.5) is 0 Å². The zero-order chi connectivity index (χ0) is 8.48. The summed E-state index contributed by atoms with van der Waals surface area (Å²) < 4.78 is 0.940. The van der Waals surface area contributed by atoms with Gasteiger partial charge < -0.3 is 0 Å². The highest BCUT2D eigenvalue weighted by Gasteiger charge is 2.14. The molecule has 1 aromatic heterocycles. The summed E-state index contributed by atoms with van der Waals surface area (Å²) in [5.41, 5.74) is 1.15. The minimum atomic E-state index is 0.108. The van der Waals surface area contributed by atoms with Gasteiger partial charge in [-0.3, -0.25) is 0 Å². The van der Waals surface area contributed by atoms with E-state index in [-0.39, 0.29) is 5.41 Å². The van der Waals surface area contributed by atoms with Crippen LogP contribution >= 0.6 is 22.6 Å². The smallest absolute Gasteiger partial charge is 0.124 e. The van der Waals surface area contributed by atoms with E-state index in [1.807, 2.05) is 12.1 Å². The molecule has 1 aromatic rings. The molecule has 11 heavy (non-hydrogen) atoms. The summed E-state index contributed by atoms with van der Waals surface area (Å²) in [5, 5.41) is 8.07. The van der Waals surface area contributed by atoms with Gasteiger partial charge in [0.15, 0.2) is 0 Å².